The Bertz CT molecular complexity index is 488. The van der Waals surface area contributed by atoms with E-state index in [2.05, 4.69) is 9.25 Å². The van der Waals surface area contributed by atoms with Gasteiger partial charge in [-0.15, -0.1) is 19.0 Å². The molecule has 0 radical (unpaired) electrons. The first kappa shape index (κ1) is 10.0. The summed E-state index contributed by atoms with van der Waals surface area (Å²) in [5, 5.41) is 1.77. The zero-order valence-corrected chi connectivity index (χ0v) is 8.89. The van der Waals surface area contributed by atoms with Crippen LogP contribution < -0.4 is 9.91 Å². The normalized spacial score (nSPS) is 31.4. The van der Waals surface area contributed by atoms with Crippen LogP contribution in [0.1, 0.15) is 0 Å². The van der Waals surface area contributed by atoms with Gasteiger partial charge in [0.2, 0.25) is 0 Å². The van der Waals surface area contributed by atoms with Gasteiger partial charge in [-0.3, -0.25) is 0 Å². The van der Waals surface area contributed by atoms with Gasteiger partial charge >= 0.3 is 7.82 Å². The summed E-state index contributed by atoms with van der Waals surface area (Å²) in [5.41, 5.74) is 0.319. The molecule has 0 atom stereocenters. The number of hydrazine groups is 1. The van der Waals surface area contributed by atoms with E-state index in [0.29, 0.717) is 5.69 Å². The predicted molar refractivity (Wildman–Crippen MR) is 48.1 cm³/mol. The van der Waals surface area contributed by atoms with Crippen molar-refractivity contribution < 1.29 is 27.6 Å². The molecule has 0 N–H and O–H groups in total. The SMILES string of the molecule is COc1cc(F)ccc1N1OP2(=O)ON1O2. The summed E-state index contributed by atoms with van der Waals surface area (Å²) < 4.78 is 43.3. The van der Waals surface area contributed by atoms with Crippen molar-refractivity contribution in [2.75, 3.05) is 12.3 Å². The Morgan fingerprint density at radius 1 is 1.38 bits per heavy atom. The third kappa shape index (κ3) is 1.32. The highest BCUT2D eigenvalue weighted by molar-refractivity contribution is 7.49. The fourth-order valence-corrected chi connectivity index (χ4v) is 2.22. The van der Waals surface area contributed by atoms with Crippen LogP contribution in [-0.2, 0) is 18.4 Å². The van der Waals surface area contributed by atoms with E-state index in [9.17, 15) is 8.96 Å². The van der Waals surface area contributed by atoms with Gasteiger partial charge in [-0.2, -0.15) is 0 Å². The number of methoxy groups -OCH3 is 1. The van der Waals surface area contributed by atoms with Gasteiger partial charge in [-0.05, 0) is 12.1 Å². The lowest BCUT2D eigenvalue weighted by atomic mass is 10.3. The molecule has 3 saturated heterocycles. The van der Waals surface area contributed by atoms with Gasteiger partial charge in [0, 0.05) is 6.07 Å². The molecule has 0 amide bonds. The molecule has 3 aliphatic rings. The summed E-state index contributed by atoms with van der Waals surface area (Å²) in [5.74, 6) is -0.261. The number of rotatable bonds is 2. The van der Waals surface area contributed by atoms with E-state index in [-0.39, 0.29) is 5.75 Å². The minimum absolute atomic E-state index is 0.201. The minimum Gasteiger partial charge on any atom is -0.494 e. The van der Waals surface area contributed by atoms with Gasteiger partial charge in [0.15, 0.2) is 0 Å². The van der Waals surface area contributed by atoms with Crippen molar-refractivity contribution in [3.05, 3.63) is 24.0 Å². The van der Waals surface area contributed by atoms with Gasteiger partial charge in [0.05, 0.1) is 12.4 Å². The van der Waals surface area contributed by atoms with Gasteiger partial charge in [0.25, 0.3) is 0 Å². The topological polar surface area (TPSA) is 60.5 Å². The molecule has 4 rings (SSSR count). The van der Waals surface area contributed by atoms with Crippen LogP contribution in [-0.4, -0.2) is 12.4 Å². The van der Waals surface area contributed by atoms with Gasteiger partial charge in [0.1, 0.15) is 17.3 Å². The smallest absolute Gasteiger partial charge is 0.494 e. The van der Waals surface area contributed by atoms with Crippen LogP contribution in [0.3, 0.4) is 0 Å². The number of nitrogens with zero attached hydrogens (tertiary/aromatic N) is 2. The Labute approximate surface area is 89.3 Å². The molecule has 0 aromatic heterocycles. The molecule has 0 aliphatic carbocycles. The van der Waals surface area contributed by atoms with E-state index in [4.69, 9.17) is 9.36 Å². The molecule has 0 saturated carbocycles. The van der Waals surface area contributed by atoms with Crippen molar-refractivity contribution in [3.8, 4) is 5.75 Å². The first-order chi connectivity index (χ1) is 7.61. The summed E-state index contributed by atoms with van der Waals surface area (Å²) in [6.45, 7) is 0. The van der Waals surface area contributed by atoms with Crippen LogP contribution in [0.15, 0.2) is 18.2 Å². The molecule has 3 fully saturated rings. The lowest BCUT2D eigenvalue weighted by Gasteiger charge is -2.22. The van der Waals surface area contributed by atoms with Gasteiger partial charge in [-0.1, -0.05) is 0 Å². The summed E-state index contributed by atoms with van der Waals surface area (Å²) in [6, 6.07) is 3.74. The highest BCUT2D eigenvalue weighted by Crippen LogP contribution is 2.67. The number of fused-ring (bicyclic) bond motifs is 1. The van der Waals surface area contributed by atoms with Crippen LogP contribution in [0.4, 0.5) is 10.1 Å². The monoisotopic (exact) mass is 248 g/mol. The number of halogens is 1. The van der Waals surface area contributed by atoms with E-state index < -0.39 is 13.6 Å². The van der Waals surface area contributed by atoms with Gasteiger partial charge < -0.3 is 4.74 Å². The molecule has 2 bridgehead atoms. The molecule has 0 spiro atoms. The Kier molecular flexibility index (Phi) is 1.97. The molecule has 86 valence electrons. The van der Waals surface area contributed by atoms with Crippen molar-refractivity contribution >= 4 is 13.5 Å². The van der Waals surface area contributed by atoms with Gasteiger partial charge in [-0.25, -0.2) is 8.96 Å². The highest BCUT2D eigenvalue weighted by atomic mass is 31.2. The maximum absolute atomic E-state index is 12.9. The number of phosphoric acid groups is 1. The first-order valence-electron chi connectivity index (χ1n) is 4.24. The zero-order chi connectivity index (χ0) is 11.3. The Hall–Kier alpha value is -1.18. The summed E-state index contributed by atoms with van der Waals surface area (Å²) in [4.78, 5) is 0. The fourth-order valence-electron chi connectivity index (χ4n) is 1.34. The van der Waals surface area contributed by atoms with E-state index >= 15 is 0 Å². The van der Waals surface area contributed by atoms with Crippen LogP contribution in [0.25, 0.3) is 0 Å². The first-order valence-corrected chi connectivity index (χ1v) is 5.70. The van der Waals surface area contributed by atoms with E-state index in [0.717, 1.165) is 16.6 Å². The van der Waals surface area contributed by atoms with Crippen LogP contribution in [0, 0.1) is 5.82 Å². The molecular formula is C7H6FN2O5P. The van der Waals surface area contributed by atoms with E-state index in [1.54, 1.807) is 0 Å². The number of hydrogen-bond donors (Lipinski definition) is 0. The molecule has 3 heterocycles. The second-order valence-corrected chi connectivity index (χ2v) is 4.40. The molecule has 1 aromatic rings. The third-order valence-electron chi connectivity index (χ3n) is 2.01. The molecule has 7 nitrogen and oxygen atoms in total. The lowest BCUT2D eigenvalue weighted by molar-refractivity contribution is -0.318. The predicted octanol–water partition coefficient (Wildman–Crippen LogP) is 1.79. The standard InChI is InChI=1S/C7H6FN2O5P/c1-12-7-4-5(8)2-3-6(7)9-10-14-16(11,13-9)15-10/h2-4H,1H3. The lowest BCUT2D eigenvalue weighted by Crippen LogP contribution is -2.34. The van der Waals surface area contributed by atoms with E-state index in [1.807, 2.05) is 0 Å². The third-order valence-corrected chi connectivity index (χ3v) is 3.05. The fraction of sp³-hybridized carbons (Fsp3) is 0.143. The zero-order valence-electron chi connectivity index (χ0n) is 7.99. The average Bonchev–Trinajstić information content (AvgIpc) is 2.70. The second kappa shape index (κ2) is 3.16. The van der Waals surface area contributed by atoms with E-state index in [1.165, 1.54) is 19.2 Å². The molecule has 16 heavy (non-hydrogen) atoms. The number of benzene rings is 1. The number of hydrogen-bond acceptors (Lipinski definition) is 7. The quantitative estimate of drug-likeness (QED) is 0.739. The average molecular weight is 248 g/mol. The minimum atomic E-state index is -3.46. The Balaban J connectivity index is 1.98. The Morgan fingerprint density at radius 3 is 2.69 bits per heavy atom. The Morgan fingerprint density at radius 2 is 2.12 bits per heavy atom. The largest absolute Gasteiger partial charge is 0.538 e. The number of ether oxygens (including phenoxy) is 1. The maximum atomic E-state index is 12.9. The van der Waals surface area contributed by atoms with Crippen molar-refractivity contribution in [1.29, 1.82) is 0 Å². The number of anilines is 1. The molecule has 3 aliphatic heterocycles. The van der Waals surface area contributed by atoms with Crippen molar-refractivity contribution in [2.45, 2.75) is 0 Å². The molecule has 1 aromatic carbocycles. The van der Waals surface area contributed by atoms with Crippen molar-refractivity contribution in [1.82, 2.24) is 5.34 Å². The van der Waals surface area contributed by atoms with Crippen LogP contribution in [0.2, 0.25) is 0 Å². The maximum Gasteiger partial charge on any atom is 0.538 e. The van der Waals surface area contributed by atoms with Crippen LogP contribution >= 0.6 is 7.82 Å². The molecule has 9 heteroatoms. The summed E-state index contributed by atoms with van der Waals surface area (Å²) in [6.07, 6.45) is 0. The summed E-state index contributed by atoms with van der Waals surface area (Å²) in [7, 11) is -2.09. The molecular weight excluding hydrogens is 242 g/mol. The van der Waals surface area contributed by atoms with Crippen LogP contribution in [0.5, 0.6) is 5.75 Å². The second-order valence-electron chi connectivity index (χ2n) is 3.02. The van der Waals surface area contributed by atoms with Crippen molar-refractivity contribution in [2.24, 2.45) is 0 Å². The van der Waals surface area contributed by atoms with Crippen molar-refractivity contribution in [3.63, 3.8) is 0 Å². The summed E-state index contributed by atoms with van der Waals surface area (Å²) >= 11 is 0. The molecule has 0 unspecified atom stereocenters. The highest BCUT2D eigenvalue weighted by Gasteiger charge is 2.60.